The van der Waals surface area contributed by atoms with Gasteiger partial charge in [0.1, 0.15) is 5.75 Å². The summed E-state index contributed by atoms with van der Waals surface area (Å²) in [5, 5.41) is 0. The summed E-state index contributed by atoms with van der Waals surface area (Å²) >= 11 is 0. The number of benzene rings is 1. The molecule has 8 nitrogen and oxygen atoms in total. The molecule has 3 amide bonds. The minimum absolute atomic E-state index is 0.0234. The molecule has 1 aromatic carbocycles. The van der Waals surface area contributed by atoms with Crippen molar-refractivity contribution in [3.05, 3.63) is 23.3 Å². The summed E-state index contributed by atoms with van der Waals surface area (Å²) < 4.78 is 32.0. The standard InChI is InChI=1S/C14H19N3O5S/c1-8-5-12(9(2)4-11(8)22-3)23(20,21)16-13(18)10-6-17(7-10)14(15)19/h4-5,10H,6-7H2,1-3H3,(H2,15,19)(H,16,18). The van der Waals surface area contributed by atoms with Crippen molar-refractivity contribution in [1.29, 1.82) is 0 Å². The summed E-state index contributed by atoms with van der Waals surface area (Å²) in [7, 11) is -2.49. The first-order valence-corrected chi connectivity index (χ1v) is 8.40. The van der Waals surface area contributed by atoms with Gasteiger partial charge in [-0.05, 0) is 37.1 Å². The summed E-state index contributed by atoms with van der Waals surface area (Å²) in [5.74, 6) is -0.642. The van der Waals surface area contributed by atoms with E-state index in [0.717, 1.165) is 0 Å². The zero-order valence-electron chi connectivity index (χ0n) is 13.1. The predicted molar refractivity (Wildman–Crippen MR) is 82.4 cm³/mol. The van der Waals surface area contributed by atoms with Crippen LogP contribution in [0.5, 0.6) is 5.75 Å². The molecular weight excluding hydrogens is 322 g/mol. The van der Waals surface area contributed by atoms with Crippen LogP contribution in [0.3, 0.4) is 0 Å². The third kappa shape index (κ3) is 3.39. The van der Waals surface area contributed by atoms with E-state index in [1.807, 2.05) is 0 Å². The lowest BCUT2D eigenvalue weighted by molar-refractivity contribution is -0.126. The van der Waals surface area contributed by atoms with Crippen molar-refractivity contribution < 1.29 is 22.7 Å². The van der Waals surface area contributed by atoms with E-state index >= 15 is 0 Å². The monoisotopic (exact) mass is 341 g/mol. The van der Waals surface area contributed by atoms with E-state index in [9.17, 15) is 18.0 Å². The molecule has 3 N–H and O–H groups in total. The molecule has 1 aromatic rings. The average Bonchev–Trinajstić information content (AvgIpc) is 2.37. The fraction of sp³-hybridized carbons (Fsp3) is 0.429. The fourth-order valence-electron chi connectivity index (χ4n) is 2.37. The van der Waals surface area contributed by atoms with Gasteiger partial charge in [-0.3, -0.25) is 4.79 Å². The van der Waals surface area contributed by atoms with Crippen molar-refractivity contribution in [1.82, 2.24) is 9.62 Å². The summed E-state index contributed by atoms with van der Waals surface area (Å²) in [5.41, 5.74) is 6.19. The van der Waals surface area contributed by atoms with Crippen LogP contribution in [0.15, 0.2) is 17.0 Å². The topological polar surface area (TPSA) is 119 Å². The number of sulfonamides is 1. The summed E-state index contributed by atoms with van der Waals surface area (Å²) in [6.07, 6.45) is 0. The maximum Gasteiger partial charge on any atom is 0.314 e. The van der Waals surface area contributed by atoms with Gasteiger partial charge in [0.15, 0.2) is 0 Å². The van der Waals surface area contributed by atoms with Gasteiger partial charge >= 0.3 is 6.03 Å². The molecule has 0 aliphatic carbocycles. The number of likely N-dealkylation sites (tertiary alicyclic amines) is 1. The molecule has 23 heavy (non-hydrogen) atoms. The summed E-state index contributed by atoms with van der Waals surface area (Å²) in [6.45, 7) is 3.59. The number of aryl methyl sites for hydroxylation is 2. The highest BCUT2D eigenvalue weighted by Crippen LogP contribution is 2.26. The molecule has 0 bridgehead atoms. The number of carbonyl (C=O) groups excluding carboxylic acids is 2. The number of ether oxygens (including phenoxy) is 1. The molecule has 0 radical (unpaired) electrons. The van der Waals surface area contributed by atoms with Gasteiger partial charge in [0.05, 0.1) is 17.9 Å². The van der Waals surface area contributed by atoms with Crippen molar-refractivity contribution in [2.45, 2.75) is 18.7 Å². The molecule has 1 heterocycles. The number of nitrogens with one attached hydrogen (secondary N) is 1. The molecule has 1 saturated heterocycles. The van der Waals surface area contributed by atoms with Gasteiger partial charge in [-0.1, -0.05) is 0 Å². The summed E-state index contributed by atoms with van der Waals surface area (Å²) in [4.78, 5) is 24.2. The molecule has 9 heteroatoms. The zero-order valence-corrected chi connectivity index (χ0v) is 13.9. The summed E-state index contributed by atoms with van der Waals surface area (Å²) in [6, 6.07) is 2.44. The van der Waals surface area contributed by atoms with E-state index in [-0.39, 0.29) is 18.0 Å². The Labute approximate surface area is 134 Å². The SMILES string of the molecule is COc1cc(C)c(S(=O)(=O)NC(=O)C2CN(C(N)=O)C2)cc1C. The quantitative estimate of drug-likeness (QED) is 0.807. The Morgan fingerprint density at radius 2 is 1.87 bits per heavy atom. The number of hydrogen-bond donors (Lipinski definition) is 2. The van der Waals surface area contributed by atoms with Gasteiger partial charge in [-0.15, -0.1) is 0 Å². The van der Waals surface area contributed by atoms with Crippen LogP contribution in [0, 0.1) is 19.8 Å². The smallest absolute Gasteiger partial charge is 0.314 e. The highest BCUT2D eigenvalue weighted by Gasteiger charge is 2.36. The molecule has 2 rings (SSSR count). The maximum absolute atomic E-state index is 12.4. The lowest BCUT2D eigenvalue weighted by Gasteiger charge is -2.36. The van der Waals surface area contributed by atoms with Crippen LogP contribution in [-0.4, -0.2) is 45.5 Å². The first-order valence-electron chi connectivity index (χ1n) is 6.92. The minimum atomic E-state index is -3.99. The number of methoxy groups -OCH3 is 1. The number of primary amides is 1. The third-order valence-corrected chi connectivity index (χ3v) is 5.27. The highest BCUT2D eigenvalue weighted by molar-refractivity contribution is 7.90. The van der Waals surface area contributed by atoms with E-state index < -0.39 is 27.9 Å². The average molecular weight is 341 g/mol. The zero-order chi connectivity index (χ0) is 17.4. The van der Waals surface area contributed by atoms with Gasteiger partial charge in [-0.25, -0.2) is 17.9 Å². The Balaban J connectivity index is 2.15. The molecule has 0 spiro atoms. The lowest BCUT2D eigenvalue weighted by Crippen LogP contribution is -2.57. The second-order valence-corrected chi connectivity index (χ2v) is 7.15. The van der Waals surface area contributed by atoms with Gasteiger partial charge < -0.3 is 15.4 Å². The largest absolute Gasteiger partial charge is 0.496 e. The Hall–Kier alpha value is -2.29. The van der Waals surface area contributed by atoms with Crippen LogP contribution in [-0.2, 0) is 14.8 Å². The Morgan fingerprint density at radius 1 is 1.26 bits per heavy atom. The molecule has 0 unspecified atom stereocenters. The molecule has 1 aliphatic rings. The second kappa shape index (κ2) is 6.07. The molecule has 126 valence electrons. The van der Waals surface area contributed by atoms with Crippen molar-refractivity contribution in [3.8, 4) is 5.75 Å². The normalized spacial score (nSPS) is 15.0. The Bertz CT molecular complexity index is 754. The Morgan fingerprint density at radius 3 is 2.39 bits per heavy atom. The van der Waals surface area contributed by atoms with Gasteiger partial charge in [0.2, 0.25) is 5.91 Å². The third-order valence-electron chi connectivity index (χ3n) is 3.78. The van der Waals surface area contributed by atoms with E-state index in [2.05, 4.69) is 4.72 Å². The number of rotatable bonds is 4. The molecule has 0 saturated carbocycles. The van der Waals surface area contributed by atoms with Gasteiger partial charge in [0.25, 0.3) is 10.0 Å². The molecule has 1 fully saturated rings. The maximum atomic E-state index is 12.4. The number of carbonyl (C=O) groups is 2. The highest BCUT2D eigenvalue weighted by atomic mass is 32.2. The lowest BCUT2D eigenvalue weighted by atomic mass is 10.0. The number of amides is 3. The minimum Gasteiger partial charge on any atom is -0.496 e. The van der Waals surface area contributed by atoms with Crippen LogP contribution in [0.1, 0.15) is 11.1 Å². The van der Waals surface area contributed by atoms with E-state index in [1.54, 1.807) is 19.9 Å². The first kappa shape index (κ1) is 17.1. The van der Waals surface area contributed by atoms with E-state index in [4.69, 9.17) is 10.5 Å². The number of hydrogen-bond acceptors (Lipinski definition) is 5. The first-order chi connectivity index (χ1) is 10.7. The number of urea groups is 1. The van der Waals surface area contributed by atoms with Crippen molar-refractivity contribution in [2.75, 3.05) is 20.2 Å². The van der Waals surface area contributed by atoms with Gasteiger partial charge in [0, 0.05) is 13.1 Å². The predicted octanol–water partition coefficient (Wildman–Crippen LogP) is 0.127. The van der Waals surface area contributed by atoms with Crippen LogP contribution in [0.2, 0.25) is 0 Å². The van der Waals surface area contributed by atoms with Crippen LogP contribution < -0.4 is 15.2 Å². The second-order valence-electron chi connectivity index (χ2n) is 5.50. The van der Waals surface area contributed by atoms with Crippen LogP contribution in [0.25, 0.3) is 0 Å². The van der Waals surface area contributed by atoms with Crippen molar-refractivity contribution in [2.24, 2.45) is 11.7 Å². The molecule has 1 aliphatic heterocycles. The van der Waals surface area contributed by atoms with Crippen LogP contribution in [0.4, 0.5) is 4.79 Å². The molecule has 0 aromatic heterocycles. The van der Waals surface area contributed by atoms with E-state index in [0.29, 0.717) is 16.9 Å². The number of nitrogens with zero attached hydrogens (tertiary/aromatic N) is 1. The van der Waals surface area contributed by atoms with Crippen molar-refractivity contribution >= 4 is 22.0 Å². The van der Waals surface area contributed by atoms with Crippen molar-refractivity contribution in [3.63, 3.8) is 0 Å². The molecular formula is C14H19N3O5S. The molecule has 0 atom stereocenters. The van der Waals surface area contributed by atoms with Gasteiger partial charge in [-0.2, -0.15) is 0 Å². The Kier molecular flexibility index (Phi) is 4.51. The van der Waals surface area contributed by atoms with E-state index in [1.165, 1.54) is 18.1 Å². The fourth-order valence-corrected chi connectivity index (χ4v) is 3.72. The van der Waals surface area contributed by atoms with Crippen LogP contribution >= 0.6 is 0 Å². The number of nitrogens with two attached hydrogens (primary N) is 1.